The van der Waals surface area contributed by atoms with E-state index in [2.05, 4.69) is 10.6 Å². The van der Waals surface area contributed by atoms with Crippen LogP contribution in [0.1, 0.15) is 31.0 Å². The molecule has 0 aromatic heterocycles. The van der Waals surface area contributed by atoms with Crippen molar-refractivity contribution in [2.75, 3.05) is 20.1 Å². The molecule has 0 heterocycles. The van der Waals surface area contributed by atoms with Gasteiger partial charge in [-0.25, -0.2) is 0 Å². The van der Waals surface area contributed by atoms with Crippen molar-refractivity contribution in [2.45, 2.75) is 25.9 Å². The van der Waals surface area contributed by atoms with Crippen LogP contribution in [0, 0.1) is 0 Å². The number of rotatable bonds is 8. The highest BCUT2D eigenvalue weighted by atomic mass is 16.2. The van der Waals surface area contributed by atoms with Gasteiger partial charge in [-0.15, -0.1) is 0 Å². The Labute approximate surface area is 155 Å². The molecule has 2 rings (SSSR count). The Kier molecular flexibility index (Phi) is 7.36. The lowest BCUT2D eigenvalue weighted by Crippen LogP contribution is -2.43. The van der Waals surface area contributed by atoms with Crippen LogP contribution in [0.2, 0.25) is 0 Å². The van der Waals surface area contributed by atoms with Gasteiger partial charge in [0.15, 0.2) is 0 Å². The summed E-state index contributed by atoms with van der Waals surface area (Å²) in [4.78, 5) is 26.1. The molecule has 0 aliphatic rings. The number of amides is 2. The second-order valence-electron chi connectivity index (χ2n) is 6.72. The van der Waals surface area contributed by atoms with E-state index in [0.29, 0.717) is 0 Å². The summed E-state index contributed by atoms with van der Waals surface area (Å²) in [5.41, 5.74) is 2.04. The number of nitrogens with zero attached hydrogens (tertiary/aromatic N) is 1. The van der Waals surface area contributed by atoms with Crippen LogP contribution >= 0.6 is 0 Å². The molecule has 0 saturated heterocycles. The first-order valence-electron chi connectivity index (χ1n) is 8.83. The SMILES string of the molecule is CC(C)NC(=O)CN(C)CC(=O)NC(c1ccccc1)c1ccccc1. The van der Waals surface area contributed by atoms with Gasteiger partial charge in [0.2, 0.25) is 11.8 Å². The molecule has 0 aliphatic carbocycles. The third-order valence-corrected chi connectivity index (χ3v) is 3.85. The van der Waals surface area contributed by atoms with Gasteiger partial charge in [0.05, 0.1) is 19.1 Å². The highest BCUT2D eigenvalue weighted by Gasteiger charge is 2.18. The van der Waals surface area contributed by atoms with E-state index in [9.17, 15) is 9.59 Å². The van der Waals surface area contributed by atoms with E-state index in [1.54, 1.807) is 11.9 Å². The lowest BCUT2D eigenvalue weighted by Gasteiger charge is -2.22. The maximum atomic E-state index is 12.5. The monoisotopic (exact) mass is 353 g/mol. The van der Waals surface area contributed by atoms with Crippen LogP contribution in [0.3, 0.4) is 0 Å². The Balaban J connectivity index is 2.02. The van der Waals surface area contributed by atoms with E-state index in [4.69, 9.17) is 0 Å². The van der Waals surface area contributed by atoms with Gasteiger partial charge in [-0.1, -0.05) is 60.7 Å². The van der Waals surface area contributed by atoms with E-state index in [0.717, 1.165) is 11.1 Å². The normalized spacial score (nSPS) is 11.0. The number of hydrogen-bond acceptors (Lipinski definition) is 3. The summed E-state index contributed by atoms with van der Waals surface area (Å²) in [5, 5.41) is 5.91. The highest BCUT2D eigenvalue weighted by Crippen LogP contribution is 2.21. The zero-order valence-corrected chi connectivity index (χ0v) is 15.6. The van der Waals surface area contributed by atoms with Gasteiger partial charge in [-0.2, -0.15) is 0 Å². The smallest absolute Gasteiger partial charge is 0.234 e. The molecule has 0 atom stereocenters. The van der Waals surface area contributed by atoms with Gasteiger partial charge in [-0.3, -0.25) is 14.5 Å². The molecule has 0 spiro atoms. The Morgan fingerprint density at radius 2 is 1.23 bits per heavy atom. The minimum absolute atomic E-state index is 0.0852. The predicted molar refractivity (Wildman–Crippen MR) is 104 cm³/mol. The van der Waals surface area contributed by atoms with Crippen LogP contribution in [0.15, 0.2) is 60.7 Å². The van der Waals surface area contributed by atoms with Gasteiger partial charge >= 0.3 is 0 Å². The van der Waals surface area contributed by atoms with Crippen molar-refractivity contribution in [3.8, 4) is 0 Å². The van der Waals surface area contributed by atoms with Crippen LogP contribution in [-0.2, 0) is 9.59 Å². The molecule has 2 aromatic carbocycles. The summed E-state index contributed by atoms with van der Waals surface area (Å²) in [5.74, 6) is -0.208. The minimum Gasteiger partial charge on any atom is -0.353 e. The maximum absolute atomic E-state index is 12.5. The van der Waals surface area contributed by atoms with Gasteiger partial charge in [0, 0.05) is 6.04 Å². The summed E-state index contributed by atoms with van der Waals surface area (Å²) in [6, 6.07) is 19.6. The van der Waals surface area contributed by atoms with Crippen molar-refractivity contribution in [2.24, 2.45) is 0 Å². The number of hydrogen-bond donors (Lipinski definition) is 2. The maximum Gasteiger partial charge on any atom is 0.234 e. The fraction of sp³-hybridized carbons (Fsp3) is 0.333. The molecule has 0 fully saturated rings. The van der Waals surface area contributed by atoms with Crippen molar-refractivity contribution < 1.29 is 9.59 Å². The molecule has 2 amide bonds. The zero-order chi connectivity index (χ0) is 18.9. The molecular weight excluding hydrogens is 326 g/mol. The average Bonchev–Trinajstić information content (AvgIpc) is 2.60. The Hall–Kier alpha value is -2.66. The van der Waals surface area contributed by atoms with E-state index < -0.39 is 0 Å². The van der Waals surface area contributed by atoms with Crippen molar-refractivity contribution in [3.05, 3.63) is 71.8 Å². The molecular formula is C21H27N3O2. The number of carbonyl (C=O) groups excluding carboxylic acids is 2. The second kappa shape index (κ2) is 9.73. The van der Waals surface area contributed by atoms with Crippen LogP contribution in [0.5, 0.6) is 0 Å². The summed E-state index contributed by atoms with van der Waals surface area (Å²) in [6.45, 7) is 4.17. The Morgan fingerprint density at radius 1 is 0.808 bits per heavy atom. The predicted octanol–water partition coefficient (Wildman–Crippen LogP) is 2.35. The van der Waals surface area contributed by atoms with E-state index >= 15 is 0 Å². The van der Waals surface area contributed by atoms with Crippen molar-refractivity contribution in [1.29, 1.82) is 0 Å². The highest BCUT2D eigenvalue weighted by molar-refractivity contribution is 5.81. The van der Waals surface area contributed by atoms with Gasteiger partial charge in [-0.05, 0) is 32.0 Å². The Bertz CT molecular complexity index is 662. The van der Waals surface area contributed by atoms with Crippen molar-refractivity contribution in [1.82, 2.24) is 15.5 Å². The molecule has 0 unspecified atom stereocenters. The largest absolute Gasteiger partial charge is 0.353 e. The molecule has 0 radical (unpaired) electrons. The second-order valence-corrected chi connectivity index (χ2v) is 6.72. The number of benzene rings is 2. The van der Waals surface area contributed by atoms with Gasteiger partial charge < -0.3 is 10.6 Å². The molecule has 0 aliphatic heterocycles. The molecule has 26 heavy (non-hydrogen) atoms. The first-order valence-corrected chi connectivity index (χ1v) is 8.83. The molecule has 5 heteroatoms. The molecule has 2 aromatic rings. The summed E-state index contributed by atoms with van der Waals surface area (Å²) in [6.07, 6.45) is 0. The quantitative estimate of drug-likeness (QED) is 0.766. The number of carbonyl (C=O) groups is 2. The lowest BCUT2D eigenvalue weighted by atomic mass is 9.99. The first-order chi connectivity index (χ1) is 12.5. The fourth-order valence-corrected chi connectivity index (χ4v) is 2.77. The lowest BCUT2D eigenvalue weighted by molar-refractivity contribution is -0.125. The third kappa shape index (κ3) is 6.33. The van der Waals surface area contributed by atoms with Crippen LogP contribution < -0.4 is 10.6 Å². The summed E-state index contributed by atoms with van der Waals surface area (Å²) < 4.78 is 0. The fourth-order valence-electron chi connectivity index (χ4n) is 2.77. The van der Waals surface area contributed by atoms with Crippen LogP contribution in [0.25, 0.3) is 0 Å². The van der Waals surface area contributed by atoms with Gasteiger partial charge in [0.25, 0.3) is 0 Å². The number of nitrogens with one attached hydrogen (secondary N) is 2. The molecule has 5 nitrogen and oxygen atoms in total. The van der Waals surface area contributed by atoms with E-state index in [1.165, 1.54) is 0 Å². The number of likely N-dealkylation sites (N-methyl/N-ethyl adjacent to an activating group) is 1. The topological polar surface area (TPSA) is 61.4 Å². The molecule has 0 bridgehead atoms. The van der Waals surface area contributed by atoms with E-state index in [-0.39, 0.29) is 37.0 Å². The molecule has 2 N–H and O–H groups in total. The van der Waals surface area contributed by atoms with Crippen LogP contribution in [-0.4, -0.2) is 42.9 Å². The first kappa shape index (κ1) is 19.7. The third-order valence-electron chi connectivity index (χ3n) is 3.85. The van der Waals surface area contributed by atoms with Crippen molar-refractivity contribution in [3.63, 3.8) is 0 Å². The summed E-state index contributed by atoms with van der Waals surface area (Å²) in [7, 11) is 1.76. The van der Waals surface area contributed by atoms with Crippen LogP contribution in [0.4, 0.5) is 0 Å². The minimum atomic E-state index is -0.220. The standard InChI is InChI=1S/C21H27N3O2/c1-16(2)22-19(25)14-24(3)15-20(26)23-21(17-10-6-4-7-11-17)18-12-8-5-9-13-18/h4-13,16,21H,14-15H2,1-3H3,(H,22,25)(H,23,26). The molecule has 0 saturated carbocycles. The summed E-state index contributed by atoms with van der Waals surface area (Å²) >= 11 is 0. The Morgan fingerprint density at radius 3 is 1.65 bits per heavy atom. The zero-order valence-electron chi connectivity index (χ0n) is 15.6. The van der Waals surface area contributed by atoms with Crippen molar-refractivity contribution >= 4 is 11.8 Å². The molecule has 138 valence electrons. The average molecular weight is 353 g/mol. The van der Waals surface area contributed by atoms with Gasteiger partial charge in [0.1, 0.15) is 0 Å². The van der Waals surface area contributed by atoms with E-state index in [1.807, 2.05) is 74.5 Å².